The van der Waals surface area contributed by atoms with E-state index in [1.54, 1.807) is 36.7 Å². The average Bonchev–Trinajstić information content (AvgIpc) is 3.33. The van der Waals surface area contributed by atoms with E-state index in [-0.39, 0.29) is 12.1 Å². The molecule has 2 aromatic heterocycles. The van der Waals surface area contributed by atoms with Gasteiger partial charge in [0.15, 0.2) is 17.0 Å². The first-order chi connectivity index (χ1) is 18.5. The topological polar surface area (TPSA) is 117 Å². The lowest BCUT2D eigenvalue weighted by Gasteiger charge is -2.26. The van der Waals surface area contributed by atoms with Crippen LogP contribution in [0.15, 0.2) is 54.9 Å². The maximum atomic E-state index is 12.4. The van der Waals surface area contributed by atoms with Crippen molar-refractivity contribution in [2.45, 2.75) is 51.3 Å². The Labute approximate surface area is 225 Å². The second-order valence-corrected chi connectivity index (χ2v) is 9.60. The third-order valence-corrected chi connectivity index (χ3v) is 6.63. The molecule has 9 nitrogen and oxygen atoms in total. The van der Waals surface area contributed by atoms with E-state index in [4.69, 9.17) is 21.6 Å². The SMILES string of the molecule is CCn1cnc2c(Nc3cccc(NC(=O)C#Cc4ccc(Cl)cc4)c3)nc(NC3CCC(O)CC3)nc21. The van der Waals surface area contributed by atoms with Gasteiger partial charge in [-0.15, -0.1) is 0 Å². The van der Waals surface area contributed by atoms with Crippen LogP contribution in [0.3, 0.4) is 0 Å². The van der Waals surface area contributed by atoms with Crippen LogP contribution in [0.2, 0.25) is 5.02 Å². The van der Waals surface area contributed by atoms with Gasteiger partial charge in [0.25, 0.3) is 0 Å². The van der Waals surface area contributed by atoms with Crippen molar-refractivity contribution in [3.05, 3.63) is 65.4 Å². The number of aryl methyl sites for hydroxylation is 1. The highest BCUT2D eigenvalue weighted by molar-refractivity contribution is 6.30. The molecule has 0 bridgehead atoms. The van der Waals surface area contributed by atoms with Gasteiger partial charge in [0, 0.05) is 40.5 Å². The maximum Gasteiger partial charge on any atom is 0.300 e. The van der Waals surface area contributed by atoms with Crippen LogP contribution in [0.1, 0.15) is 38.2 Å². The number of aliphatic hydroxyl groups excluding tert-OH is 1. The largest absolute Gasteiger partial charge is 0.393 e. The number of aromatic nitrogens is 4. The van der Waals surface area contributed by atoms with Crippen molar-refractivity contribution in [2.24, 2.45) is 0 Å². The number of imidazole rings is 1. The fourth-order valence-corrected chi connectivity index (χ4v) is 4.49. The van der Waals surface area contributed by atoms with E-state index < -0.39 is 5.91 Å². The lowest BCUT2D eigenvalue weighted by atomic mass is 9.93. The summed E-state index contributed by atoms with van der Waals surface area (Å²) in [7, 11) is 0. The molecule has 194 valence electrons. The number of amides is 1. The molecule has 2 aromatic carbocycles. The summed E-state index contributed by atoms with van der Waals surface area (Å²) in [4.78, 5) is 26.4. The number of carbonyl (C=O) groups is 1. The molecular formula is C28H28ClN7O2. The predicted octanol–water partition coefficient (Wildman–Crippen LogP) is 4.95. The van der Waals surface area contributed by atoms with Crippen molar-refractivity contribution in [1.29, 1.82) is 0 Å². The summed E-state index contributed by atoms with van der Waals surface area (Å²) in [5.41, 5.74) is 3.40. The van der Waals surface area contributed by atoms with E-state index in [1.165, 1.54) is 0 Å². The Morgan fingerprint density at radius 3 is 2.63 bits per heavy atom. The van der Waals surface area contributed by atoms with Crippen LogP contribution in [-0.4, -0.2) is 42.7 Å². The number of nitrogens with one attached hydrogen (secondary N) is 3. The van der Waals surface area contributed by atoms with E-state index in [1.807, 2.05) is 29.7 Å². The number of fused-ring (bicyclic) bond motifs is 1. The summed E-state index contributed by atoms with van der Waals surface area (Å²) >= 11 is 5.89. The Morgan fingerprint density at radius 2 is 1.87 bits per heavy atom. The lowest BCUT2D eigenvalue weighted by molar-refractivity contribution is -0.111. The zero-order valence-corrected chi connectivity index (χ0v) is 21.7. The highest BCUT2D eigenvalue weighted by atomic mass is 35.5. The molecule has 0 aliphatic heterocycles. The normalized spacial score (nSPS) is 16.9. The van der Waals surface area contributed by atoms with Crippen LogP contribution < -0.4 is 16.0 Å². The first-order valence-electron chi connectivity index (χ1n) is 12.6. The van der Waals surface area contributed by atoms with Crippen LogP contribution in [0.5, 0.6) is 0 Å². The van der Waals surface area contributed by atoms with Crippen molar-refractivity contribution in [2.75, 3.05) is 16.0 Å². The second-order valence-electron chi connectivity index (χ2n) is 9.17. The smallest absolute Gasteiger partial charge is 0.300 e. The Balaban J connectivity index is 1.34. The van der Waals surface area contributed by atoms with E-state index in [0.717, 1.165) is 43.6 Å². The quantitative estimate of drug-likeness (QED) is 0.261. The van der Waals surface area contributed by atoms with Gasteiger partial charge in [0.2, 0.25) is 5.95 Å². The first-order valence-corrected chi connectivity index (χ1v) is 13.0. The van der Waals surface area contributed by atoms with Crippen molar-refractivity contribution < 1.29 is 9.90 Å². The second kappa shape index (κ2) is 11.5. The molecule has 0 atom stereocenters. The molecule has 1 saturated carbocycles. The minimum atomic E-state index is -0.424. The standard InChI is InChI=1S/C28H28ClN7O2/c1-2-36-17-30-25-26(34-28(35-27(25)36)33-20-11-13-23(37)14-12-20)32-22-5-3-4-21(16-22)31-24(38)15-8-18-6-9-19(29)10-7-18/h3-7,9-10,16-17,20,23,37H,2,11-14H2,1H3,(H,31,38)(H2,32,33,34,35). The summed E-state index contributed by atoms with van der Waals surface area (Å²) in [5, 5.41) is 20.0. The van der Waals surface area contributed by atoms with Crippen molar-refractivity contribution in [3.63, 3.8) is 0 Å². The van der Waals surface area contributed by atoms with Gasteiger partial charge in [-0.3, -0.25) is 4.79 Å². The molecule has 1 amide bonds. The van der Waals surface area contributed by atoms with Crippen molar-refractivity contribution >= 4 is 51.8 Å². The van der Waals surface area contributed by atoms with Gasteiger partial charge >= 0.3 is 5.91 Å². The lowest BCUT2D eigenvalue weighted by Crippen LogP contribution is -2.29. The molecule has 0 saturated heterocycles. The molecule has 4 N–H and O–H groups in total. The number of benzene rings is 2. The number of hydrogen-bond acceptors (Lipinski definition) is 7. The van der Waals surface area contributed by atoms with Gasteiger partial charge in [-0.05, 0) is 75.1 Å². The highest BCUT2D eigenvalue weighted by Crippen LogP contribution is 2.27. The number of halogens is 1. The average molecular weight is 530 g/mol. The molecule has 1 aliphatic carbocycles. The Kier molecular flexibility index (Phi) is 7.73. The first kappa shape index (κ1) is 25.5. The number of hydrogen-bond donors (Lipinski definition) is 4. The van der Waals surface area contributed by atoms with E-state index in [2.05, 4.69) is 32.8 Å². The molecule has 10 heteroatoms. The van der Waals surface area contributed by atoms with Gasteiger partial charge in [0.05, 0.1) is 12.4 Å². The number of rotatable bonds is 6. The molecule has 0 spiro atoms. The maximum absolute atomic E-state index is 12.4. The molecular weight excluding hydrogens is 502 g/mol. The molecule has 2 heterocycles. The Morgan fingerprint density at radius 1 is 1.11 bits per heavy atom. The molecule has 5 rings (SSSR count). The van der Waals surface area contributed by atoms with Crippen molar-refractivity contribution in [1.82, 2.24) is 19.5 Å². The minimum Gasteiger partial charge on any atom is -0.393 e. The van der Waals surface area contributed by atoms with E-state index in [0.29, 0.717) is 33.6 Å². The fraction of sp³-hybridized carbons (Fsp3) is 0.286. The van der Waals surface area contributed by atoms with Crippen LogP contribution in [0.25, 0.3) is 11.2 Å². The molecule has 0 unspecified atom stereocenters. The van der Waals surface area contributed by atoms with Crippen molar-refractivity contribution in [3.8, 4) is 11.8 Å². The Hall–Kier alpha value is -4.13. The van der Waals surface area contributed by atoms with E-state index in [9.17, 15) is 9.90 Å². The van der Waals surface area contributed by atoms with Crippen LogP contribution >= 0.6 is 11.6 Å². The van der Waals surface area contributed by atoms with Crippen LogP contribution in [0, 0.1) is 11.8 Å². The van der Waals surface area contributed by atoms with Gasteiger partial charge in [-0.2, -0.15) is 9.97 Å². The molecule has 4 aromatic rings. The number of aliphatic hydroxyl groups is 1. The molecule has 0 radical (unpaired) electrons. The third-order valence-electron chi connectivity index (χ3n) is 6.38. The zero-order valence-electron chi connectivity index (χ0n) is 20.9. The number of anilines is 4. The monoisotopic (exact) mass is 529 g/mol. The summed E-state index contributed by atoms with van der Waals surface area (Å²) in [6.45, 7) is 2.76. The van der Waals surface area contributed by atoms with Gasteiger partial charge in [0.1, 0.15) is 0 Å². The third kappa shape index (κ3) is 6.22. The van der Waals surface area contributed by atoms with Gasteiger partial charge in [-0.1, -0.05) is 23.6 Å². The zero-order chi connectivity index (χ0) is 26.5. The summed E-state index contributed by atoms with van der Waals surface area (Å²) in [6.07, 6.45) is 4.77. The predicted molar refractivity (Wildman–Crippen MR) is 150 cm³/mol. The van der Waals surface area contributed by atoms with E-state index >= 15 is 0 Å². The minimum absolute atomic E-state index is 0.203. The summed E-state index contributed by atoms with van der Waals surface area (Å²) < 4.78 is 1.97. The Bertz CT molecular complexity index is 1500. The highest BCUT2D eigenvalue weighted by Gasteiger charge is 2.21. The fourth-order valence-electron chi connectivity index (χ4n) is 4.37. The molecule has 1 aliphatic rings. The molecule has 38 heavy (non-hydrogen) atoms. The van der Waals surface area contributed by atoms with Crippen LogP contribution in [0.4, 0.5) is 23.1 Å². The summed E-state index contributed by atoms with van der Waals surface area (Å²) in [5.74, 6) is 6.08. The van der Waals surface area contributed by atoms with Crippen LogP contribution in [-0.2, 0) is 11.3 Å². The molecule has 1 fully saturated rings. The number of carbonyl (C=O) groups excluding carboxylic acids is 1. The number of nitrogens with zero attached hydrogens (tertiary/aromatic N) is 4. The van der Waals surface area contributed by atoms with Gasteiger partial charge in [-0.25, -0.2) is 4.98 Å². The summed E-state index contributed by atoms with van der Waals surface area (Å²) in [6, 6.07) is 14.5. The van der Waals surface area contributed by atoms with Gasteiger partial charge < -0.3 is 25.6 Å².